The van der Waals surface area contributed by atoms with Crippen LogP contribution in [-0.4, -0.2) is 60.9 Å². The molecule has 0 aromatic carbocycles. The molecule has 1 N–H and O–H groups in total. The summed E-state index contributed by atoms with van der Waals surface area (Å²) in [5, 5.41) is 3.26. The van der Waals surface area contributed by atoms with Crippen LogP contribution in [0.15, 0.2) is 24.3 Å². The van der Waals surface area contributed by atoms with E-state index in [0.717, 1.165) is 0 Å². The van der Waals surface area contributed by atoms with Gasteiger partial charge in [0.25, 0.3) is 0 Å². The largest absolute Gasteiger partial charge is 0.338 e. The summed E-state index contributed by atoms with van der Waals surface area (Å²) >= 11 is 0. The Balaban J connectivity index is 4.04. The normalized spacial score (nSPS) is 10.1. The Morgan fingerprint density at radius 1 is 0.857 bits per heavy atom. The molecular weight excluding hydrogens is 266 g/mol. The first-order valence-corrected chi connectivity index (χ1v) is 7.45. The van der Waals surface area contributed by atoms with Crippen LogP contribution in [0.3, 0.4) is 0 Å². The third kappa shape index (κ3) is 7.09. The van der Waals surface area contributed by atoms with Crippen molar-refractivity contribution in [2.24, 2.45) is 0 Å². The number of amides is 2. The predicted octanol–water partition coefficient (Wildman–Crippen LogP) is 1.43. The van der Waals surface area contributed by atoms with Crippen molar-refractivity contribution < 1.29 is 9.59 Å². The molecule has 5 heteroatoms. The molecule has 5 nitrogen and oxygen atoms in total. The third-order valence-electron chi connectivity index (χ3n) is 3.19. The van der Waals surface area contributed by atoms with Crippen molar-refractivity contribution in [3.8, 4) is 0 Å². The highest BCUT2D eigenvalue weighted by atomic mass is 16.2. The molecule has 0 bridgehead atoms. The fourth-order valence-electron chi connectivity index (χ4n) is 1.90. The first-order valence-electron chi connectivity index (χ1n) is 7.45. The van der Waals surface area contributed by atoms with E-state index >= 15 is 0 Å². The Bertz CT molecular complexity index is 355. The predicted molar refractivity (Wildman–Crippen MR) is 87.0 cm³/mol. The Labute approximate surface area is 128 Å². The molecule has 0 rings (SSSR count). The molecule has 0 aromatic rings. The van der Waals surface area contributed by atoms with Gasteiger partial charge in [-0.3, -0.25) is 9.59 Å². The van der Waals surface area contributed by atoms with Crippen molar-refractivity contribution in [2.75, 3.05) is 39.3 Å². The van der Waals surface area contributed by atoms with Crippen molar-refractivity contribution in [3.05, 3.63) is 24.3 Å². The van der Waals surface area contributed by atoms with Crippen molar-refractivity contribution in [1.29, 1.82) is 0 Å². The second-order valence-electron chi connectivity index (χ2n) is 5.08. The van der Waals surface area contributed by atoms with Gasteiger partial charge < -0.3 is 15.1 Å². The molecule has 0 heterocycles. The maximum atomic E-state index is 11.8. The molecule has 0 radical (unpaired) electrons. The van der Waals surface area contributed by atoms with Gasteiger partial charge in [0.05, 0.1) is 0 Å². The molecular formula is C16H29N3O2. The lowest BCUT2D eigenvalue weighted by Crippen LogP contribution is -2.40. The Kier molecular flexibility index (Phi) is 9.37. The van der Waals surface area contributed by atoms with Crippen LogP contribution in [0.5, 0.6) is 0 Å². The number of hydrogen-bond donors (Lipinski definition) is 1. The Morgan fingerprint density at radius 3 is 1.43 bits per heavy atom. The summed E-state index contributed by atoms with van der Waals surface area (Å²) in [5.41, 5.74) is 1.11. The van der Waals surface area contributed by atoms with E-state index in [9.17, 15) is 9.59 Å². The standard InChI is InChI=1S/C16H29N3O2/c1-7-18(15(20)13(3)4)11-9-17-10-12-19(8-2)16(21)14(5)6/h17H,3,5,7-12H2,1-2,4,6H3. The van der Waals surface area contributed by atoms with Gasteiger partial charge >= 0.3 is 0 Å². The van der Waals surface area contributed by atoms with Gasteiger partial charge in [-0.1, -0.05) is 13.2 Å². The smallest absolute Gasteiger partial charge is 0.248 e. The number of nitrogens with zero attached hydrogens (tertiary/aromatic N) is 2. The van der Waals surface area contributed by atoms with Crippen LogP contribution in [0.25, 0.3) is 0 Å². The van der Waals surface area contributed by atoms with Crippen LogP contribution in [-0.2, 0) is 9.59 Å². The lowest BCUT2D eigenvalue weighted by atomic mass is 10.3. The second kappa shape index (κ2) is 10.2. The maximum absolute atomic E-state index is 11.8. The molecule has 2 amide bonds. The van der Waals surface area contributed by atoms with E-state index in [1.54, 1.807) is 23.6 Å². The van der Waals surface area contributed by atoms with Gasteiger partial charge in [0.1, 0.15) is 0 Å². The van der Waals surface area contributed by atoms with Crippen molar-refractivity contribution in [1.82, 2.24) is 15.1 Å². The summed E-state index contributed by atoms with van der Waals surface area (Å²) in [6.45, 7) is 18.7. The molecule has 0 saturated carbocycles. The Morgan fingerprint density at radius 2 is 1.19 bits per heavy atom. The molecule has 0 fully saturated rings. The van der Waals surface area contributed by atoms with Gasteiger partial charge in [0, 0.05) is 50.4 Å². The fraction of sp³-hybridized carbons (Fsp3) is 0.625. The number of rotatable bonds is 10. The maximum Gasteiger partial charge on any atom is 0.248 e. The molecule has 0 saturated heterocycles. The lowest BCUT2D eigenvalue weighted by Gasteiger charge is -2.23. The summed E-state index contributed by atoms with van der Waals surface area (Å²) in [7, 11) is 0. The highest BCUT2D eigenvalue weighted by molar-refractivity contribution is 5.92. The topological polar surface area (TPSA) is 52.7 Å². The number of hydrogen-bond acceptors (Lipinski definition) is 3. The van der Waals surface area contributed by atoms with Crippen LogP contribution in [0.4, 0.5) is 0 Å². The van der Waals surface area contributed by atoms with Crippen LogP contribution in [0, 0.1) is 0 Å². The van der Waals surface area contributed by atoms with Crippen molar-refractivity contribution >= 4 is 11.8 Å². The fourth-order valence-corrected chi connectivity index (χ4v) is 1.90. The molecule has 0 unspecified atom stereocenters. The third-order valence-corrected chi connectivity index (χ3v) is 3.19. The minimum atomic E-state index is -0.00746. The number of carbonyl (C=O) groups excluding carboxylic acids is 2. The molecule has 0 aliphatic carbocycles. The number of likely N-dealkylation sites (N-methyl/N-ethyl adjacent to an activating group) is 2. The summed E-state index contributed by atoms with van der Waals surface area (Å²) < 4.78 is 0. The minimum Gasteiger partial charge on any atom is -0.338 e. The summed E-state index contributed by atoms with van der Waals surface area (Å²) in [6.07, 6.45) is 0. The zero-order valence-corrected chi connectivity index (χ0v) is 13.9. The van der Waals surface area contributed by atoms with E-state index in [1.807, 2.05) is 13.8 Å². The summed E-state index contributed by atoms with van der Waals surface area (Å²) in [6, 6.07) is 0. The van der Waals surface area contributed by atoms with E-state index in [2.05, 4.69) is 18.5 Å². The first kappa shape index (κ1) is 19.4. The second-order valence-corrected chi connectivity index (χ2v) is 5.08. The van der Waals surface area contributed by atoms with Gasteiger partial charge in [0.2, 0.25) is 11.8 Å². The molecule has 21 heavy (non-hydrogen) atoms. The average molecular weight is 295 g/mol. The van der Waals surface area contributed by atoms with Gasteiger partial charge in [0.15, 0.2) is 0 Å². The van der Waals surface area contributed by atoms with Gasteiger partial charge in [-0.25, -0.2) is 0 Å². The summed E-state index contributed by atoms with van der Waals surface area (Å²) in [4.78, 5) is 27.1. The quantitative estimate of drug-likeness (QED) is 0.490. The zero-order valence-electron chi connectivity index (χ0n) is 13.9. The number of carbonyl (C=O) groups is 2. The SMILES string of the molecule is C=C(C)C(=O)N(CC)CCNCCN(CC)C(=O)C(=C)C. The van der Waals surface area contributed by atoms with Crippen molar-refractivity contribution in [2.45, 2.75) is 27.7 Å². The van der Waals surface area contributed by atoms with Crippen LogP contribution >= 0.6 is 0 Å². The van der Waals surface area contributed by atoms with Crippen molar-refractivity contribution in [3.63, 3.8) is 0 Å². The molecule has 0 aromatic heterocycles. The molecule has 0 atom stereocenters. The van der Waals surface area contributed by atoms with Gasteiger partial charge in [-0.2, -0.15) is 0 Å². The van der Waals surface area contributed by atoms with Crippen LogP contribution in [0.1, 0.15) is 27.7 Å². The highest BCUT2D eigenvalue weighted by Crippen LogP contribution is 1.98. The number of nitrogens with one attached hydrogen (secondary N) is 1. The van der Waals surface area contributed by atoms with Crippen LogP contribution in [0.2, 0.25) is 0 Å². The minimum absolute atomic E-state index is 0.00746. The summed E-state index contributed by atoms with van der Waals surface area (Å²) in [5.74, 6) is -0.0149. The Hall–Kier alpha value is -1.62. The monoisotopic (exact) mass is 295 g/mol. The zero-order chi connectivity index (χ0) is 16.4. The van der Waals surface area contributed by atoms with E-state index in [1.165, 1.54) is 0 Å². The van der Waals surface area contributed by atoms with E-state index in [-0.39, 0.29) is 11.8 Å². The molecule has 0 spiro atoms. The van der Waals surface area contributed by atoms with Crippen LogP contribution < -0.4 is 5.32 Å². The molecule has 0 aliphatic heterocycles. The van der Waals surface area contributed by atoms with E-state index in [4.69, 9.17) is 0 Å². The highest BCUT2D eigenvalue weighted by Gasteiger charge is 2.12. The first-order chi connectivity index (χ1) is 9.84. The molecule has 120 valence electrons. The lowest BCUT2D eigenvalue weighted by molar-refractivity contribution is -0.127. The van der Waals surface area contributed by atoms with E-state index in [0.29, 0.717) is 50.4 Å². The van der Waals surface area contributed by atoms with E-state index < -0.39 is 0 Å². The van der Waals surface area contributed by atoms with Gasteiger partial charge in [-0.15, -0.1) is 0 Å². The molecule has 0 aliphatic rings. The van der Waals surface area contributed by atoms with Gasteiger partial charge in [-0.05, 0) is 27.7 Å². The average Bonchev–Trinajstić information content (AvgIpc) is 2.45.